The SMILES string of the molecule is CC(=O)N1CCN(S(=O)(=O)NC2(C(=O)O)CCCCC2)CC1. The number of hydrogen-bond donors (Lipinski definition) is 2. The molecule has 22 heavy (non-hydrogen) atoms. The number of carboxylic acid groups (broad SMARTS) is 1. The Hall–Kier alpha value is -1.19. The minimum absolute atomic E-state index is 0.0840. The highest BCUT2D eigenvalue weighted by atomic mass is 32.2. The molecule has 0 aromatic carbocycles. The summed E-state index contributed by atoms with van der Waals surface area (Å²) in [6.07, 6.45) is 2.96. The van der Waals surface area contributed by atoms with E-state index in [9.17, 15) is 23.1 Å². The van der Waals surface area contributed by atoms with Crippen molar-refractivity contribution in [1.82, 2.24) is 13.9 Å². The molecule has 9 heteroatoms. The highest BCUT2D eigenvalue weighted by Gasteiger charge is 2.44. The van der Waals surface area contributed by atoms with Crippen molar-refractivity contribution in [1.29, 1.82) is 0 Å². The molecule has 0 aromatic heterocycles. The van der Waals surface area contributed by atoms with Crippen LogP contribution in [0.15, 0.2) is 0 Å². The first kappa shape index (κ1) is 17.2. The van der Waals surface area contributed by atoms with Crippen molar-refractivity contribution in [3.8, 4) is 0 Å². The lowest BCUT2D eigenvalue weighted by atomic mass is 9.83. The van der Waals surface area contributed by atoms with E-state index in [1.54, 1.807) is 4.90 Å². The van der Waals surface area contributed by atoms with Crippen molar-refractivity contribution in [3.05, 3.63) is 0 Å². The molecule has 1 aliphatic heterocycles. The second-order valence-electron chi connectivity index (χ2n) is 5.96. The Labute approximate surface area is 130 Å². The Kier molecular flexibility index (Phi) is 5.08. The lowest BCUT2D eigenvalue weighted by Crippen LogP contribution is -2.61. The predicted octanol–water partition coefficient (Wildman–Crippen LogP) is -0.228. The normalized spacial score (nSPS) is 23.2. The molecule has 1 saturated heterocycles. The van der Waals surface area contributed by atoms with Gasteiger partial charge < -0.3 is 10.0 Å². The van der Waals surface area contributed by atoms with Crippen molar-refractivity contribution < 1.29 is 23.1 Å². The zero-order valence-electron chi connectivity index (χ0n) is 12.7. The van der Waals surface area contributed by atoms with Gasteiger partial charge in [-0.3, -0.25) is 9.59 Å². The molecule has 2 aliphatic rings. The average Bonchev–Trinajstić information content (AvgIpc) is 2.47. The minimum Gasteiger partial charge on any atom is -0.480 e. The Morgan fingerprint density at radius 3 is 2.05 bits per heavy atom. The molecule has 2 N–H and O–H groups in total. The van der Waals surface area contributed by atoms with Crippen molar-refractivity contribution in [2.75, 3.05) is 26.2 Å². The summed E-state index contributed by atoms with van der Waals surface area (Å²) < 4.78 is 28.6. The average molecular weight is 333 g/mol. The van der Waals surface area contributed by atoms with E-state index in [4.69, 9.17) is 0 Å². The fraction of sp³-hybridized carbons (Fsp3) is 0.846. The van der Waals surface area contributed by atoms with Gasteiger partial charge in [-0.25, -0.2) is 0 Å². The minimum atomic E-state index is -3.87. The number of nitrogens with zero attached hydrogens (tertiary/aromatic N) is 2. The van der Waals surface area contributed by atoms with Crippen LogP contribution >= 0.6 is 0 Å². The van der Waals surface area contributed by atoms with Crippen molar-refractivity contribution in [2.45, 2.75) is 44.6 Å². The summed E-state index contributed by atoms with van der Waals surface area (Å²) in [5.41, 5.74) is -1.39. The summed E-state index contributed by atoms with van der Waals surface area (Å²) in [6, 6.07) is 0. The molecule has 1 aliphatic carbocycles. The van der Waals surface area contributed by atoms with Gasteiger partial charge in [0.15, 0.2) is 0 Å². The number of nitrogens with one attached hydrogen (secondary N) is 1. The molecular formula is C13H23N3O5S. The molecule has 2 fully saturated rings. The van der Waals surface area contributed by atoms with Crippen LogP contribution in [0.1, 0.15) is 39.0 Å². The monoisotopic (exact) mass is 333 g/mol. The maximum absolute atomic E-state index is 12.5. The zero-order valence-corrected chi connectivity index (χ0v) is 13.6. The summed E-state index contributed by atoms with van der Waals surface area (Å²) in [5, 5.41) is 9.47. The molecule has 0 unspecified atom stereocenters. The first-order valence-electron chi connectivity index (χ1n) is 7.55. The number of rotatable bonds is 4. The molecule has 0 spiro atoms. The summed E-state index contributed by atoms with van der Waals surface area (Å²) in [5.74, 6) is -1.20. The molecule has 2 rings (SSSR count). The molecule has 8 nitrogen and oxygen atoms in total. The predicted molar refractivity (Wildman–Crippen MR) is 79.3 cm³/mol. The summed E-state index contributed by atoms with van der Waals surface area (Å²) >= 11 is 0. The third kappa shape index (κ3) is 3.58. The number of carboxylic acids is 1. The van der Waals surface area contributed by atoms with Crippen LogP contribution < -0.4 is 4.72 Å². The fourth-order valence-corrected chi connectivity index (χ4v) is 4.63. The van der Waals surface area contributed by atoms with Gasteiger partial charge in [-0.05, 0) is 12.8 Å². The Morgan fingerprint density at radius 1 is 1.05 bits per heavy atom. The largest absolute Gasteiger partial charge is 0.480 e. The van der Waals surface area contributed by atoms with Crippen LogP contribution in [-0.4, -0.2) is 66.3 Å². The molecule has 0 radical (unpaired) electrons. The van der Waals surface area contributed by atoms with E-state index in [0.717, 1.165) is 6.42 Å². The topological polar surface area (TPSA) is 107 Å². The smallest absolute Gasteiger partial charge is 0.324 e. The van der Waals surface area contributed by atoms with Crippen LogP contribution in [0, 0.1) is 0 Å². The van der Waals surface area contributed by atoms with Crippen LogP contribution in [-0.2, 0) is 19.8 Å². The number of hydrogen-bond acceptors (Lipinski definition) is 4. The highest BCUT2D eigenvalue weighted by molar-refractivity contribution is 7.87. The van der Waals surface area contributed by atoms with E-state index in [2.05, 4.69) is 4.72 Å². The first-order valence-corrected chi connectivity index (χ1v) is 8.99. The number of aliphatic carboxylic acids is 1. The van der Waals surface area contributed by atoms with Gasteiger partial charge in [0.05, 0.1) is 0 Å². The van der Waals surface area contributed by atoms with Gasteiger partial charge in [-0.2, -0.15) is 17.4 Å². The molecule has 126 valence electrons. The van der Waals surface area contributed by atoms with Gasteiger partial charge in [-0.15, -0.1) is 0 Å². The van der Waals surface area contributed by atoms with Gasteiger partial charge in [-0.1, -0.05) is 19.3 Å². The van der Waals surface area contributed by atoms with Crippen LogP contribution in [0.2, 0.25) is 0 Å². The quantitative estimate of drug-likeness (QED) is 0.739. The van der Waals surface area contributed by atoms with E-state index in [-0.39, 0.29) is 19.0 Å². The van der Waals surface area contributed by atoms with Crippen LogP contribution in [0.25, 0.3) is 0 Å². The maximum Gasteiger partial charge on any atom is 0.324 e. The Balaban J connectivity index is 2.07. The van der Waals surface area contributed by atoms with Crippen LogP contribution in [0.5, 0.6) is 0 Å². The van der Waals surface area contributed by atoms with Crippen molar-refractivity contribution in [2.24, 2.45) is 0 Å². The number of amides is 1. The highest BCUT2D eigenvalue weighted by Crippen LogP contribution is 2.29. The van der Waals surface area contributed by atoms with E-state index >= 15 is 0 Å². The van der Waals surface area contributed by atoms with Crippen molar-refractivity contribution in [3.63, 3.8) is 0 Å². The molecule has 1 saturated carbocycles. The third-order valence-corrected chi connectivity index (χ3v) is 6.16. The number of carbonyl (C=O) groups is 2. The number of carbonyl (C=O) groups excluding carboxylic acids is 1. The lowest BCUT2D eigenvalue weighted by Gasteiger charge is -2.38. The molecule has 1 amide bonds. The molecular weight excluding hydrogens is 310 g/mol. The van der Waals surface area contributed by atoms with Gasteiger partial charge in [0.1, 0.15) is 5.54 Å². The standard InChI is InChI=1S/C13H23N3O5S/c1-11(17)15-7-9-16(10-8-15)22(20,21)14-13(12(18)19)5-3-2-4-6-13/h14H,2-10H2,1H3,(H,18,19). The summed E-state index contributed by atoms with van der Waals surface area (Å²) in [4.78, 5) is 24.4. The van der Waals surface area contributed by atoms with E-state index in [1.165, 1.54) is 11.2 Å². The van der Waals surface area contributed by atoms with Gasteiger partial charge >= 0.3 is 5.97 Å². The zero-order chi connectivity index (χ0) is 16.4. The molecule has 1 heterocycles. The maximum atomic E-state index is 12.5. The molecule has 0 aromatic rings. The van der Waals surface area contributed by atoms with Gasteiger partial charge in [0, 0.05) is 33.1 Å². The first-order chi connectivity index (χ1) is 10.3. The lowest BCUT2D eigenvalue weighted by molar-refractivity contribution is -0.145. The molecule has 0 atom stereocenters. The third-order valence-electron chi connectivity index (χ3n) is 4.46. The van der Waals surface area contributed by atoms with Crippen LogP contribution in [0.3, 0.4) is 0 Å². The van der Waals surface area contributed by atoms with Crippen molar-refractivity contribution >= 4 is 22.1 Å². The summed E-state index contributed by atoms with van der Waals surface area (Å²) in [6.45, 7) is 2.48. The second-order valence-corrected chi connectivity index (χ2v) is 7.63. The Morgan fingerprint density at radius 2 is 1.59 bits per heavy atom. The van der Waals surface area contributed by atoms with E-state index in [0.29, 0.717) is 38.8 Å². The van der Waals surface area contributed by atoms with E-state index in [1.807, 2.05) is 0 Å². The Bertz CT molecular complexity index is 534. The summed E-state index contributed by atoms with van der Waals surface area (Å²) in [7, 11) is -3.87. The van der Waals surface area contributed by atoms with Gasteiger partial charge in [0.2, 0.25) is 5.91 Å². The second kappa shape index (κ2) is 6.51. The fourth-order valence-electron chi connectivity index (χ4n) is 3.07. The molecule has 0 bridgehead atoms. The van der Waals surface area contributed by atoms with Crippen LogP contribution in [0.4, 0.5) is 0 Å². The van der Waals surface area contributed by atoms with Gasteiger partial charge in [0.25, 0.3) is 10.2 Å². The van der Waals surface area contributed by atoms with E-state index < -0.39 is 21.7 Å². The number of piperazine rings is 1.